The molecule has 0 aromatic carbocycles. The summed E-state index contributed by atoms with van der Waals surface area (Å²) >= 11 is 0. The highest BCUT2D eigenvalue weighted by Gasteiger charge is 2.53. The molecule has 0 spiro atoms. The lowest BCUT2D eigenvalue weighted by molar-refractivity contribution is -0.144. The Morgan fingerprint density at radius 1 is 1.35 bits per heavy atom. The van der Waals surface area contributed by atoms with Crippen molar-refractivity contribution in [1.29, 1.82) is 0 Å². The van der Waals surface area contributed by atoms with Crippen molar-refractivity contribution in [3.8, 4) is 0 Å². The fraction of sp³-hybridized carbons (Fsp3) is 0.571. The first-order valence-electron chi connectivity index (χ1n) is 7.49. The number of hydrogen-bond acceptors (Lipinski definition) is 4. The number of amides is 4. The first kappa shape index (κ1) is 19.5. The van der Waals surface area contributed by atoms with Crippen LogP contribution in [-0.4, -0.2) is 56.1 Å². The molecule has 26 heavy (non-hydrogen) atoms. The third kappa shape index (κ3) is 3.73. The highest BCUT2D eigenvalue weighted by atomic mass is 19.4. The van der Waals surface area contributed by atoms with Crippen LogP contribution in [0.25, 0.3) is 0 Å². The second kappa shape index (κ2) is 6.18. The van der Waals surface area contributed by atoms with Crippen molar-refractivity contribution in [2.75, 3.05) is 6.54 Å². The lowest BCUT2D eigenvalue weighted by Crippen LogP contribution is -2.59. The second-order valence-corrected chi connectivity index (χ2v) is 6.84. The van der Waals surface area contributed by atoms with Crippen molar-refractivity contribution in [2.24, 2.45) is 0 Å². The molecule has 2 heterocycles. The van der Waals surface area contributed by atoms with Gasteiger partial charge in [-0.1, -0.05) is 0 Å². The molecule has 1 atom stereocenters. The predicted octanol–water partition coefficient (Wildman–Crippen LogP) is 1.26. The first-order chi connectivity index (χ1) is 11.8. The van der Waals surface area contributed by atoms with Crippen molar-refractivity contribution < 1.29 is 32.7 Å². The SMILES string of the molecule is CC(C)(C)N(C[C@]1(c2ccnn2CC(F)(F)F)NC(=O)NC1=O)C(=O)O. The molecule has 1 aliphatic heterocycles. The minimum atomic E-state index is -4.63. The summed E-state index contributed by atoms with van der Waals surface area (Å²) in [5.41, 5.74) is -3.29. The van der Waals surface area contributed by atoms with Crippen LogP contribution in [-0.2, 0) is 16.9 Å². The van der Waals surface area contributed by atoms with Gasteiger partial charge in [-0.3, -0.25) is 14.8 Å². The van der Waals surface area contributed by atoms with Crippen molar-refractivity contribution in [1.82, 2.24) is 25.3 Å². The van der Waals surface area contributed by atoms with E-state index in [-0.39, 0.29) is 5.69 Å². The summed E-state index contributed by atoms with van der Waals surface area (Å²) in [6.45, 7) is 2.57. The molecule has 0 radical (unpaired) electrons. The molecular weight excluding hydrogens is 359 g/mol. The molecule has 12 heteroatoms. The van der Waals surface area contributed by atoms with Gasteiger partial charge >= 0.3 is 18.3 Å². The number of hydrogen-bond donors (Lipinski definition) is 3. The maximum Gasteiger partial charge on any atom is 0.408 e. The molecule has 3 N–H and O–H groups in total. The third-order valence-electron chi connectivity index (χ3n) is 3.86. The summed E-state index contributed by atoms with van der Waals surface area (Å²) < 4.78 is 39.0. The number of alkyl halides is 3. The Kier molecular flexibility index (Phi) is 4.64. The van der Waals surface area contributed by atoms with Gasteiger partial charge < -0.3 is 15.3 Å². The topological polar surface area (TPSA) is 117 Å². The lowest BCUT2D eigenvalue weighted by atomic mass is 9.92. The zero-order chi connectivity index (χ0) is 19.9. The Bertz CT molecular complexity index is 740. The molecule has 0 aliphatic carbocycles. The number of carbonyl (C=O) groups excluding carboxylic acids is 2. The third-order valence-corrected chi connectivity index (χ3v) is 3.86. The number of imide groups is 1. The Morgan fingerprint density at radius 3 is 2.38 bits per heavy atom. The molecular formula is C14H18F3N5O4. The number of halogens is 3. The Balaban J connectivity index is 2.56. The van der Waals surface area contributed by atoms with Crippen LogP contribution in [0.4, 0.5) is 22.8 Å². The van der Waals surface area contributed by atoms with Gasteiger partial charge in [0.25, 0.3) is 5.91 Å². The number of urea groups is 1. The maximum atomic E-state index is 12.8. The minimum absolute atomic E-state index is 0.270. The fourth-order valence-electron chi connectivity index (χ4n) is 2.68. The van der Waals surface area contributed by atoms with Crippen LogP contribution in [0.15, 0.2) is 12.3 Å². The van der Waals surface area contributed by atoms with Gasteiger partial charge in [0.05, 0.1) is 12.2 Å². The van der Waals surface area contributed by atoms with Gasteiger partial charge in [-0.25, -0.2) is 9.59 Å². The summed E-state index contributed by atoms with van der Waals surface area (Å²) in [4.78, 5) is 36.7. The van der Waals surface area contributed by atoms with Crippen molar-refractivity contribution in [3.05, 3.63) is 18.0 Å². The summed E-state index contributed by atoms with van der Waals surface area (Å²) in [5, 5.41) is 17.3. The Hall–Kier alpha value is -2.79. The monoisotopic (exact) mass is 377 g/mol. The molecule has 0 unspecified atom stereocenters. The van der Waals surface area contributed by atoms with E-state index in [2.05, 4.69) is 10.4 Å². The van der Waals surface area contributed by atoms with E-state index in [0.29, 0.717) is 4.68 Å². The average Bonchev–Trinajstić information content (AvgIpc) is 2.97. The van der Waals surface area contributed by atoms with Crippen LogP contribution in [0, 0.1) is 0 Å². The number of nitrogens with zero attached hydrogens (tertiary/aromatic N) is 3. The molecule has 1 saturated heterocycles. The van der Waals surface area contributed by atoms with E-state index < -0.39 is 48.4 Å². The van der Waals surface area contributed by atoms with Crippen molar-refractivity contribution in [2.45, 2.75) is 44.6 Å². The largest absolute Gasteiger partial charge is 0.465 e. The van der Waals surface area contributed by atoms with Crippen molar-refractivity contribution >= 4 is 18.0 Å². The molecule has 2 rings (SSSR count). The van der Waals surface area contributed by atoms with Gasteiger partial charge in [0.15, 0.2) is 5.54 Å². The van der Waals surface area contributed by atoms with Gasteiger partial charge in [0.1, 0.15) is 6.54 Å². The number of rotatable bonds is 4. The molecule has 9 nitrogen and oxygen atoms in total. The van der Waals surface area contributed by atoms with Crippen LogP contribution in [0.3, 0.4) is 0 Å². The van der Waals surface area contributed by atoms with Crippen LogP contribution in [0.5, 0.6) is 0 Å². The first-order valence-corrected chi connectivity index (χ1v) is 7.49. The van der Waals surface area contributed by atoms with Crippen LogP contribution < -0.4 is 10.6 Å². The summed E-state index contributed by atoms with van der Waals surface area (Å²) in [7, 11) is 0. The predicted molar refractivity (Wildman–Crippen MR) is 81.1 cm³/mol. The molecule has 144 valence electrons. The smallest absolute Gasteiger partial charge is 0.408 e. The van der Waals surface area contributed by atoms with E-state index in [1.54, 1.807) is 20.8 Å². The average molecular weight is 377 g/mol. The highest BCUT2D eigenvalue weighted by Crippen LogP contribution is 2.30. The molecule has 0 saturated carbocycles. The van der Waals surface area contributed by atoms with Gasteiger partial charge in [-0.2, -0.15) is 18.3 Å². The molecule has 1 aliphatic rings. The summed E-state index contributed by atoms with van der Waals surface area (Å²) in [6, 6.07) is 0.202. The van der Waals surface area contributed by atoms with Gasteiger partial charge in [-0.05, 0) is 26.8 Å². The van der Waals surface area contributed by atoms with E-state index in [4.69, 9.17) is 0 Å². The number of aromatic nitrogens is 2. The standard InChI is InChI=1S/C14H18F3N5O4/c1-12(2,3)21(11(25)26)6-13(9(23)19-10(24)20-13)8-4-5-18-22(8)7-14(15,16)17/h4-5H,6-7H2,1-3H3,(H,25,26)(H2,19,20,23,24)/t13-/m1/s1. The summed E-state index contributed by atoms with van der Waals surface area (Å²) in [6.07, 6.45) is -4.98. The van der Waals surface area contributed by atoms with Crippen molar-refractivity contribution in [3.63, 3.8) is 0 Å². The number of nitrogens with one attached hydrogen (secondary N) is 2. The molecule has 0 bridgehead atoms. The molecule has 1 aromatic rings. The van der Waals surface area contributed by atoms with Crippen LogP contribution >= 0.6 is 0 Å². The molecule has 1 aromatic heterocycles. The van der Waals surface area contributed by atoms with E-state index in [1.807, 2.05) is 5.32 Å². The van der Waals surface area contributed by atoms with Gasteiger partial charge in [0.2, 0.25) is 0 Å². The molecule has 4 amide bonds. The Morgan fingerprint density at radius 2 is 1.96 bits per heavy atom. The van der Waals surface area contributed by atoms with Gasteiger partial charge in [-0.15, -0.1) is 0 Å². The zero-order valence-electron chi connectivity index (χ0n) is 14.2. The lowest BCUT2D eigenvalue weighted by Gasteiger charge is -2.39. The minimum Gasteiger partial charge on any atom is -0.465 e. The normalized spacial score (nSPS) is 20.7. The van der Waals surface area contributed by atoms with E-state index in [0.717, 1.165) is 17.2 Å². The van der Waals surface area contributed by atoms with E-state index in [1.165, 1.54) is 0 Å². The van der Waals surface area contributed by atoms with Crippen LogP contribution in [0.2, 0.25) is 0 Å². The van der Waals surface area contributed by atoms with E-state index in [9.17, 15) is 32.7 Å². The zero-order valence-corrected chi connectivity index (χ0v) is 14.2. The second-order valence-electron chi connectivity index (χ2n) is 6.84. The van der Waals surface area contributed by atoms with E-state index >= 15 is 0 Å². The Labute approximate surface area is 146 Å². The van der Waals surface area contributed by atoms with Crippen LogP contribution in [0.1, 0.15) is 26.5 Å². The van der Waals surface area contributed by atoms with Gasteiger partial charge in [0, 0.05) is 11.7 Å². The summed E-state index contributed by atoms with van der Waals surface area (Å²) in [5.74, 6) is -0.957. The maximum absolute atomic E-state index is 12.8. The number of carbonyl (C=O) groups is 3. The molecule has 1 fully saturated rings. The highest BCUT2D eigenvalue weighted by molar-refractivity contribution is 6.07. The number of carboxylic acid groups (broad SMARTS) is 1. The fourth-order valence-corrected chi connectivity index (χ4v) is 2.68. The quantitative estimate of drug-likeness (QED) is 0.683.